The van der Waals surface area contributed by atoms with Gasteiger partial charge in [0.15, 0.2) is 15.8 Å². The number of guanidine groups is 1. The summed E-state index contributed by atoms with van der Waals surface area (Å²) in [4.78, 5) is 6.48. The van der Waals surface area contributed by atoms with E-state index in [0.29, 0.717) is 19.6 Å². The lowest BCUT2D eigenvalue weighted by Crippen LogP contribution is -2.60. The van der Waals surface area contributed by atoms with Gasteiger partial charge in [0, 0.05) is 26.7 Å². The van der Waals surface area contributed by atoms with Crippen LogP contribution in [0.25, 0.3) is 0 Å². The lowest BCUT2D eigenvalue weighted by Gasteiger charge is -2.45. The van der Waals surface area contributed by atoms with Crippen molar-refractivity contribution in [3.8, 4) is 0 Å². The van der Waals surface area contributed by atoms with Crippen molar-refractivity contribution in [3.63, 3.8) is 0 Å². The maximum atomic E-state index is 12.8. The predicted octanol–water partition coefficient (Wildman–Crippen LogP) is 1.69. The molecule has 1 spiro atoms. The third-order valence-electron chi connectivity index (χ3n) is 5.67. The molecule has 0 atom stereocenters. The molecule has 2 fully saturated rings. The summed E-state index contributed by atoms with van der Waals surface area (Å²) in [6.45, 7) is 1.64. The Morgan fingerprint density at radius 1 is 1.27 bits per heavy atom. The Balaban J connectivity index is 1.70. The van der Waals surface area contributed by atoms with Crippen molar-refractivity contribution in [1.29, 1.82) is 0 Å². The van der Waals surface area contributed by atoms with Gasteiger partial charge >= 0.3 is 0 Å². The molecule has 26 heavy (non-hydrogen) atoms. The minimum atomic E-state index is -3.05. The van der Waals surface area contributed by atoms with E-state index < -0.39 is 14.6 Å². The standard InChI is InChI=1S/C19H29N3O3S/c1-20-18(21-13-16-6-5-7-17(12-16)14-23)22-10-11-26(24,25)19(15-22)8-3-2-4-9-19/h5-7,12,23H,2-4,8-11,13-15H2,1H3,(H,20,21). The van der Waals surface area contributed by atoms with E-state index in [0.717, 1.165) is 49.2 Å². The summed E-state index contributed by atoms with van der Waals surface area (Å²) >= 11 is 0. The van der Waals surface area contributed by atoms with E-state index in [1.165, 1.54) is 0 Å². The van der Waals surface area contributed by atoms with Gasteiger partial charge in [-0.15, -0.1) is 0 Å². The lowest BCUT2D eigenvalue weighted by molar-refractivity contribution is 0.274. The predicted molar refractivity (Wildman–Crippen MR) is 104 cm³/mol. The molecule has 1 aliphatic carbocycles. The normalized spacial score (nSPS) is 22.4. The molecule has 1 heterocycles. The average molecular weight is 380 g/mol. The fourth-order valence-corrected chi connectivity index (χ4v) is 6.33. The number of nitrogens with one attached hydrogen (secondary N) is 1. The van der Waals surface area contributed by atoms with Crippen molar-refractivity contribution in [2.45, 2.75) is 50.0 Å². The zero-order chi connectivity index (χ0) is 18.6. The first-order chi connectivity index (χ1) is 12.5. The molecule has 7 heteroatoms. The van der Waals surface area contributed by atoms with Crippen LogP contribution in [-0.4, -0.2) is 55.0 Å². The van der Waals surface area contributed by atoms with E-state index in [2.05, 4.69) is 15.2 Å². The van der Waals surface area contributed by atoms with Crippen molar-refractivity contribution in [2.75, 3.05) is 25.9 Å². The van der Waals surface area contributed by atoms with Gasteiger partial charge in [0.05, 0.1) is 17.1 Å². The highest BCUT2D eigenvalue weighted by atomic mass is 32.2. The molecule has 0 aromatic heterocycles. The maximum absolute atomic E-state index is 12.8. The van der Waals surface area contributed by atoms with Gasteiger partial charge in [0.1, 0.15) is 0 Å². The van der Waals surface area contributed by atoms with Crippen LogP contribution in [0.15, 0.2) is 29.3 Å². The summed E-state index contributed by atoms with van der Waals surface area (Å²) in [6.07, 6.45) is 4.65. The zero-order valence-electron chi connectivity index (χ0n) is 15.4. The summed E-state index contributed by atoms with van der Waals surface area (Å²) in [5.74, 6) is 0.951. The third kappa shape index (κ3) is 3.88. The Hall–Kier alpha value is -1.60. The van der Waals surface area contributed by atoms with Gasteiger partial charge in [0.2, 0.25) is 0 Å². The molecule has 6 nitrogen and oxygen atoms in total. The van der Waals surface area contributed by atoms with E-state index in [1.54, 1.807) is 7.05 Å². The number of aliphatic hydroxyl groups is 1. The van der Waals surface area contributed by atoms with Crippen LogP contribution >= 0.6 is 0 Å². The molecule has 144 valence electrons. The van der Waals surface area contributed by atoms with Gasteiger partial charge in [-0.2, -0.15) is 0 Å². The number of nitrogens with zero attached hydrogens (tertiary/aromatic N) is 2. The van der Waals surface area contributed by atoms with Crippen LogP contribution in [-0.2, 0) is 23.0 Å². The Morgan fingerprint density at radius 3 is 2.69 bits per heavy atom. The summed E-state index contributed by atoms with van der Waals surface area (Å²) < 4.78 is 24.9. The number of aliphatic hydroxyl groups excluding tert-OH is 1. The first-order valence-electron chi connectivity index (χ1n) is 9.36. The van der Waals surface area contributed by atoms with Crippen LogP contribution in [0, 0.1) is 0 Å². The van der Waals surface area contributed by atoms with Gasteiger partial charge in [-0.1, -0.05) is 43.5 Å². The fraction of sp³-hybridized carbons (Fsp3) is 0.632. The highest BCUT2D eigenvalue weighted by Gasteiger charge is 2.48. The van der Waals surface area contributed by atoms with Gasteiger partial charge in [-0.3, -0.25) is 4.99 Å². The molecule has 3 rings (SSSR count). The van der Waals surface area contributed by atoms with Gasteiger partial charge in [0.25, 0.3) is 0 Å². The first kappa shape index (κ1) is 19.2. The van der Waals surface area contributed by atoms with Crippen molar-refractivity contribution in [1.82, 2.24) is 10.2 Å². The molecule has 1 aromatic carbocycles. The van der Waals surface area contributed by atoms with Crippen LogP contribution in [0.3, 0.4) is 0 Å². The van der Waals surface area contributed by atoms with E-state index in [-0.39, 0.29) is 12.4 Å². The molecular weight excluding hydrogens is 350 g/mol. The number of rotatable bonds is 3. The largest absolute Gasteiger partial charge is 0.392 e. The van der Waals surface area contributed by atoms with Crippen LogP contribution in [0.1, 0.15) is 43.2 Å². The van der Waals surface area contributed by atoms with E-state index in [1.807, 2.05) is 24.3 Å². The third-order valence-corrected chi connectivity index (χ3v) is 8.25. The minimum absolute atomic E-state index is 0.0229. The summed E-state index contributed by atoms with van der Waals surface area (Å²) in [5.41, 5.74) is 1.94. The molecule has 0 radical (unpaired) electrons. The Bertz CT molecular complexity index is 755. The summed E-state index contributed by atoms with van der Waals surface area (Å²) in [6, 6.07) is 7.78. The van der Waals surface area contributed by atoms with Crippen LogP contribution in [0.5, 0.6) is 0 Å². The second-order valence-electron chi connectivity index (χ2n) is 7.36. The van der Waals surface area contributed by atoms with Crippen molar-refractivity contribution >= 4 is 15.8 Å². The van der Waals surface area contributed by atoms with Gasteiger partial charge in [-0.05, 0) is 24.0 Å². The number of hydrogen-bond acceptors (Lipinski definition) is 4. The minimum Gasteiger partial charge on any atom is -0.392 e. The van der Waals surface area contributed by atoms with Crippen LogP contribution in [0.4, 0.5) is 0 Å². The first-order valence-corrected chi connectivity index (χ1v) is 11.0. The van der Waals surface area contributed by atoms with Crippen molar-refractivity contribution in [2.24, 2.45) is 4.99 Å². The topological polar surface area (TPSA) is 82.0 Å². The van der Waals surface area contributed by atoms with Gasteiger partial charge < -0.3 is 15.3 Å². The maximum Gasteiger partial charge on any atom is 0.193 e. The Morgan fingerprint density at radius 2 is 2.00 bits per heavy atom. The van der Waals surface area contributed by atoms with E-state index in [4.69, 9.17) is 0 Å². The number of aliphatic imine (C=N–C) groups is 1. The summed E-state index contributed by atoms with van der Waals surface area (Å²) in [5, 5.41) is 12.6. The van der Waals surface area contributed by atoms with Crippen LogP contribution < -0.4 is 5.32 Å². The van der Waals surface area contributed by atoms with Crippen molar-refractivity contribution in [3.05, 3.63) is 35.4 Å². The monoisotopic (exact) mass is 379 g/mol. The molecule has 1 saturated heterocycles. The fourth-order valence-electron chi connectivity index (χ4n) is 4.17. The van der Waals surface area contributed by atoms with E-state index >= 15 is 0 Å². The second-order valence-corrected chi connectivity index (χ2v) is 9.87. The Labute approximate surface area is 156 Å². The number of hydrogen-bond donors (Lipinski definition) is 2. The SMILES string of the molecule is CN=C(NCc1cccc(CO)c1)N1CCS(=O)(=O)C2(CCCCC2)C1. The summed E-state index contributed by atoms with van der Waals surface area (Å²) in [7, 11) is -1.31. The van der Waals surface area contributed by atoms with Gasteiger partial charge in [-0.25, -0.2) is 8.42 Å². The molecule has 1 aliphatic heterocycles. The molecule has 0 bridgehead atoms. The molecule has 1 aromatic rings. The number of sulfone groups is 1. The highest BCUT2D eigenvalue weighted by Crippen LogP contribution is 2.38. The quantitative estimate of drug-likeness (QED) is 0.617. The Kier molecular flexibility index (Phi) is 5.87. The molecule has 2 N–H and O–H groups in total. The average Bonchev–Trinajstić information content (AvgIpc) is 2.66. The lowest BCUT2D eigenvalue weighted by atomic mass is 9.87. The molecule has 1 saturated carbocycles. The second kappa shape index (κ2) is 7.96. The smallest absolute Gasteiger partial charge is 0.193 e. The highest BCUT2D eigenvalue weighted by molar-refractivity contribution is 7.92. The number of benzene rings is 1. The molecule has 2 aliphatic rings. The zero-order valence-corrected chi connectivity index (χ0v) is 16.3. The molecular formula is C19H29N3O3S. The van der Waals surface area contributed by atoms with E-state index in [9.17, 15) is 13.5 Å². The van der Waals surface area contributed by atoms with Crippen molar-refractivity contribution < 1.29 is 13.5 Å². The molecule has 0 unspecified atom stereocenters. The van der Waals surface area contributed by atoms with Crippen LogP contribution in [0.2, 0.25) is 0 Å². The molecule has 0 amide bonds.